The van der Waals surface area contributed by atoms with Crippen molar-refractivity contribution in [3.8, 4) is 62.1 Å². The minimum absolute atomic E-state index is 0.0555. The fraction of sp³-hybridized carbons (Fsp3) is 0. The van der Waals surface area contributed by atoms with E-state index < -0.39 is 30.2 Å². The van der Waals surface area contributed by atoms with E-state index in [2.05, 4.69) is 83.4 Å². The van der Waals surface area contributed by atoms with Crippen molar-refractivity contribution in [3.05, 3.63) is 206 Å². The van der Waals surface area contributed by atoms with Crippen molar-refractivity contribution in [2.24, 2.45) is 0 Å². The van der Waals surface area contributed by atoms with Crippen molar-refractivity contribution in [1.82, 2.24) is 19.5 Å². The van der Waals surface area contributed by atoms with Crippen LogP contribution >= 0.6 is 0 Å². The highest BCUT2D eigenvalue weighted by atomic mass is 16.3. The first kappa shape index (κ1) is 29.1. The smallest absolute Gasteiger partial charge is 0.167 e. The number of furan rings is 1. The molecule has 0 spiro atoms. The zero-order valence-corrected chi connectivity index (χ0v) is 31.9. The number of hydrogen-bond donors (Lipinski definition) is 0. The van der Waals surface area contributed by atoms with Crippen molar-refractivity contribution in [2.45, 2.75) is 0 Å². The molecule has 280 valence electrons. The second-order valence-electron chi connectivity index (χ2n) is 14.8. The molecule has 0 N–H and O–H groups in total. The third-order valence-corrected chi connectivity index (χ3v) is 11.3. The molecule has 0 amide bonds. The molecular weight excluding hydrogens is 733 g/mol. The molecule has 12 rings (SSSR count). The summed E-state index contributed by atoms with van der Waals surface area (Å²) >= 11 is 0. The van der Waals surface area contributed by atoms with Gasteiger partial charge in [-0.15, -0.1) is 0 Å². The van der Waals surface area contributed by atoms with Gasteiger partial charge in [0, 0.05) is 43.9 Å². The van der Waals surface area contributed by atoms with Gasteiger partial charge < -0.3 is 8.98 Å². The average molecular weight is 772 g/mol. The summed E-state index contributed by atoms with van der Waals surface area (Å²) in [6.45, 7) is 0. The monoisotopic (exact) mass is 771 g/mol. The van der Waals surface area contributed by atoms with Gasteiger partial charge in [0.1, 0.15) is 11.2 Å². The molecule has 0 unspecified atom stereocenters. The van der Waals surface area contributed by atoms with E-state index in [4.69, 9.17) is 26.2 Å². The van der Waals surface area contributed by atoms with E-state index in [-0.39, 0.29) is 23.0 Å². The van der Waals surface area contributed by atoms with Crippen molar-refractivity contribution in [2.75, 3.05) is 0 Å². The minimum atomic E-state index is -0.499. The second-order valence-corrected chi connectivity index (χ2v) is 14.8. The largest absolute Gasteiger partial charge is 0.455 e. The van der Waals surface area contributed by atoms with Crippen LogP contribution in [0.25, 0.3) is 117 Å². The summed E-state index contributed by atoms with van der Waals surface area (Å²) in [7, 11) is 0. The highest BCUT2D eigenvalue weighted by Gasteiger charge is 2.23. The summed E-state index contributed by atoms with van der Waals surface area (Å²) in [4.78, 5) is 15.1. The molecule has 60 heavy (non-hydrogen) atoms. The van der Waals surface area contributed by atoms with Crippen LogP contribution in [0, 0.1) is 0 Å². The lowest BCUT2D eigenvalue weighted by molar-refractivity contribution is 0.670. The number of fused-ring (bicyclic) bond motifs is 7. The summed E-state index contributed by atoms with van der Waals surface area (Å²) in [6, 6.07) is 57.3. The van der Waals surface area contributed by atoms with E-state index in [1.165, 1.54) is 0 Å². The molecule has 0 aliphatic carbocycles. The van der Waals surface area contributed by atoms with E-state index >= 15 is 0 Å². The number of hydrogen-bond acceptors (Lipinski definition) is 4. The summed E-state index contributed by atoms with van der Waals surface area (Å²) in [5.41, 5.74) is 9.24. The second kappa shape index (κ2) is 13.8. The topological polar surface area (TPSA) is 56.7 Å². The Morgan fingerprint density at radius 3 is 1.80 bits per heavy atom. The predicted molar refractivity (Wildman–Crippen MR) is 246 cm³/mol. The average Bonchev–Trinajstić information content (AvgIpc) is 3.91. The van der Waals surface area contributed by atoms with Crippen LogP contribution in [0.3, 0.4) is 0 Å². The third kappa shape index (κ3) is 5.59. The molecule has 0 saturated carbocycles. The Morgan fingerprint density at radius 1 is 0.383 bits per heavy atom. The maximum absolute atomic E-state index is 9.00. The molecular formula is C55H34N4O. The first-order chi connectivity index (χ1) is 31.8. The standard InChI is InChI=1S/C55H34N4O/c1-3-15-35(16-4-1)39-21-13-22-40(31-39)43-25-14-26-46-47-33-42(59-49-27-11-9-23-44(49)45-24-10-12-28-50(45)59)34-48(52(47)60-51(43)46)55-57-53(37-18-5-2-6-19-37)56-54(58-55)41-30-29-36-17-7-8-20-38(36)32-41/h1-34H/i2D,5D,6D,18D,19D. The highest BCUT2D eigenvalue weighted by molar-refractivity contribution is 6.15. The number of benzene rings is 9. The molecule has 0 fully saturated rings. The highest BCUT2D eigenvalue weighted by Crippen LogP contribution is 2.43. The van der Waals surface area contributed by atoms with Gasteiger partial charge >= 0.3 is 0 Å². The van der Waals surface area contributed by atoms with Crippen LogP contribution in [0.4, 0.5) is 0 Å². The Balaban J connectivity index is 1.18. The van der Waals surface area contributed by atoms with Crippen molar-refractivity contribution in [1.29, 1.82) is 0 Å². The van der Waals surface area contributed by atoms with Gasteiger partial charge in [0.2, 0.25) is 0 Å². The van der Waals surface area contributed by atoms with E-state index in [9.17, 15) is 0 Å². The molecule has 0 radical (unpaired) electrons. The van der Waals surface area contributed by atoms with Gasteiger partial charge in [-0.3, -0.25) is 0 Å². The molecule has 3 aromatic heterocycles. The first-order valence-electron chi connectivity index (χ1n) is 22.3. The lowest BCUT2D eigenvalue weighted by Gasteiger charge is -2.13. The Bertz CT molecular complexity index is 3840. The quantitative estimate of drug-likeness (QED) is 0.169. The van der Waals surface area contributed by atoms with E-state index in [1.807, 2.05) is 97.1 Å². The van der Waals surface area contributed by atoms with E-state index in [0.29, 0.717) is 22.3 Å². The molecule has 5 heteroatoms. The number of para-hydroxylation sites is 3. The van der Waals surface area contributed by atoms with Crippen LogP contribution < -0.4 is 0 Å². The van der Waals surface area contributed by atoms with Crippen molar-refractivity contribution >= 4 is 54.5 Å². The maximum atomic E-state index is 9.00. The Morgan fingerprint density at radius 2 is 1.00 bits per heavy atom. The first-order valence-corrected chi connectivity index (χ1v) is 19.8. The molecule has 0 saturated heterocycles. The zero-order valence-electron chi connectivity index (χ0n) is 36.9. The predicted octanol–water partition coefficient (Wildman–Crippen LogP) is 14.4. The van der Waals surface area contributed by atoms with Gasteiger partial charge in [-0.05, 0) is 63.9 Å². The van der Waals surface area contributed by atoms with Crippen LogP contribution in [0.2, 0.25) is 0 Å². The Hall–Kier alpha value is -8.15. The summed E-state index contributed by atoms with van der Waals surface area (Å²) in [5.74, 6) is 0.428. The fourth-order valence-corrected chi connectivity index (χ4v) is 8.53. The van der Waals surface area contributed by atoms with Gasteiger partial charge in [-0.1, -0.05) is 170 Å². The fourth-order valence-electron chi connectivity index (χ4n) is 8.53. The van der Waals surface area contributed by atoms with Gasteiger partial charge in [0.05, 0.1) is 23.5 Å². The van der Waals surface area contributed by atoms with Crippen LogP contribution in [-0.2, 0) is 0 Å². The number of aromatic nitrogens is 4. The van der Waals surface area contributed by atoms with Crippen LogP contribution in [-0.4, -0.2) is 19.5 Å². The van der Waals surface area contributed by atoms with Gasteiger partial charge in [0.25, 0.3) is 0 Å². The van der Waals surface area contributed by atoms with Crippen LogP contribution in [0.5, 0.6) is 0 Å². The van der Waals surface area contributed by atoms with Crippen molar-refractivity contribution in [3.63, 3.8) is 0 Å². The van der Waals surface area contributed by atoms with E-state index in [0.717, 1.165) is 71.3 Å². The van der Waals surface area contributed by atoms with Crippen molar-refractivity contribution < 1.29 is 11.3 Å². The number of nitrogens with zero attached hydrogens (tertiary/aromatic N) is 4. The Labute approximate surface area is 352 Å². The zero-order chi connectivity index (χ0) is 43.9. The lowest BCUT2D eigenvalue weighted by Crippen LogP contribution is -2.01. The van der Waals surface area contributed by atoms with Gasteiger partial charge in [-0.25, -0.2) is 15.0 Å². The molecule has 0 bridgehead atoms. The summed E-state index contributed by atoms with van der Waals surface area (Å²) in [5, 5.41) is 5.92. The molecule has 0 aliphatic rings. The molecule has 0 aliphatic heterocycles. The normalized spacial score (nSPS) is 12.8. The maximum Gasteiger partial charge on any atom is 0.167 e. The lowest BCUT2D eigenvalue weighted by atomic mass is 9.97. The third-order valence-electron chi connectivity index (χ3n) is 11.3. The van der Waals surface area contributed by atoms with Crippen LogP contribution in [0.15, 0.2) is 211 Å². The summed E-state index contributed by atoms with van der Waals surface area (Å²) < 4.78 is 52.8. The SMILES string of the molecule is [2H]c1c([2H])c([2H])c(-c2nc(-c3ccc4ccccc4c3)nc(-c3cc(-n4c5ccccc5c5ccccc54)cc4c3oc3c(-c5cccc(-c6ccccc6)c5)cccc34)n2)c([2H])c1[2H]. The molecule has 3 heterocycles. The van der Waals surface area contributed by atoms with Gasteiger partial charge in [-0.2, -0.15) is 0 Å². The van der Waals surface area contributed by atoms with Gasteiger partial charge in [0.15, 0.2) is 17.5 Å². The minimum Gasteiger partial charge on any atom is -0.455 e. The molecule has 9 aromatic carbocycles. The van der Waals surface area contributed by atoms with E-state index in [1.54, 1.807) is 0 Å². The van der Waals surface area contributed by atoms with Crippen LogP contribution in [0.1, 0.15) is 6.85 Å². The Kier molecular flexibility index (Phi) is 6.68. The molecule has 5 nitrogen and oxygen atoms in total. The summed E-state index contributed by atoms with van der Waals surface area (Å²) in [6.07, 6.45) is 0. The molecule has 12 aromatic rings. The molecule has 0 atom stereocenters. The number of rotatable bonds is 6.